The lowest BCUT2D eigenvalue weighted by molar-refractivity contribution is -0.129. The van der Waals surface area contributed by atoms with Gasteiger partial charge in [-0.15, -0.1) is 0 Å². The summed E-state index contributed by atoms with van der Waals surface area (Å²) in [6.45, 7) is 2.45. The number of Topliss-reactive ketones (excluding diaryl/α,β-unsaturated/α-hetero) is 1. The van der Waals surface area contributed by atoms with Gasteiger partial charge < -0.3 is 4.74 Å². The van der Waals surface area contributed by atoms with E-state index in [0.717, 1.165) is 16.8 Å². The highest BCUT2D eigenvalue weighted by atomic mass is 16.7. The van der Waals surface area contributed by atoms with E-state index >= 15 is 0 Å². The third-order valence-corrected chi connectivity index (χ3v) is 5.26. The van der Waals surface area contributed by atoms with E-state index in [-0.39, 0.29) is 30.5 Å². The molecule has 0 spiro atoms. The maximum absolute atomic E-state index is 13.2. The molecule has 4 nitrogen and oxygen atoms in total. The lowest BCUT2D eigenvalue weighted by Gasteiger charge is -2.27. The highest BCUT2D eigenvalue weighted by Crippen LogP contribution is 2.42. The number of carbonyl (C=O) groups excluding carboxylic acids is 1. The summed E-state index contributed by atoms with van der Waals surface area (Å²) in [5, 5.41) is 1.87. The van der Waals surface area contributed by atoms with Crippen molar-refractivity contribution in [2.45, 2.75) is 25.7 Å². The largest absolute Gasteiger partial charge is 0.369 e. The van der Waals surface area contributed by atoms with Crippen LogP contribution < -0.4 is 5.06 Å². The number of carbonyl (C=O) groups is 1. The Labute approximate surface area is 171 Å². The normalized spacial score (nSPS) is 21.3. The van der Waals surface area contributed by atoms with Gasteiger partial charge in [0.1, 0.15) is 6.61 Å². The first-order valence-electron chi connectivity index (χ1n) is 9.94. The zero-order valence-corrected chi connectivity index (χ0v) is 16.5. The Hall–Kier alpha value is -2.95. The molecule has 1 heterocycles. The van der Waals surface area contributed by atoms with Crippen molar-refractivity contribution in [3.05, 3.63) is 102 Å². The molecular formula is C25H25NO3. The molecule has 0 radical (unpaired) electrons. The number of nitrogens with zero attached hydrogens (tertiary/aromatic N) is 1. The van der Waals surface area contributed by atoms with E-state index in [1.165, 1.54) is 0 Å². The standard InChI is InChI=1S/C25H25NO3/c1-19-24(23(27)18-28-17-20-11-5-2-6-12-20)25(21-13-7-3-8-14-21)26(29-19)22-15-9-4-10-16-22/h2-16,19,24-25H,17-18H2,1H3/t19-,24+,25+/m1/s1. The third-order valence-electron chi connectivity index (χ3n) is 5.26. The second-order valence-electron chi connectivity index (χ2n) is 7.30. The molecule has 0 bridgehead atoms. The Morgan fingerprint density at radius 2 is 1.48 bits per heavy atom. The lowest BCUT2D eigenvalue weighted by Crippen LogP contribution is -2.31. The summed E-state index contributed by atoms with van der Waals surface area (Å²) in [5.74, 6) is -0.255. The van der Waals surface area contributed by atoms with Crippen molar-refractivity contribution in [2.24, 2.45) is 5.92 Å². The number of ether oxygens (including phenoxy) is 1. The van der Waals surface area contributed by atoms with Gasteiger partial charge in [-0.25, -0.2) is 5.06 Å². The average Bonchev–Trinajstić information content (AvgIpc) is 3.13. The number of rotatable bonds is 7. The molecule has 1 aliphatic rings. The highest BCUT2D eigenvalue weighted by molar-refractivity contribution is 5.84. The van der Waals surface area contributed by atoms with E-state index in [2.05, 4.69) is 0 Å². The van der Waals surface area contributed by atoms with Crippen molar-refractivity contribution in [3.8, 4) is 0 Å². The number of anilines is 1. The van der Waals surface area contributed by atoms with Crippen LogP contribution in [0.4, 0.5) is 5.69 Å². The van der Waals surface area contributed by atoms with E-state index in [0.29, 0.717) is 6.61 Å². The SMILES string of the molecule is C[C@H]1ON(c2ccccc2)[C@@H](c2ccccc2)[C@@H]1C(=O)COCc1ccccc1. The molecule has 3 atom stereocenters. The van der Waals surface area contributed by atoms with Gasteiger partial charge >= 0.3 is 0 Å². The molecule has 4 heteroatoms. The topological polar surface area (TPSA) is 38.8 Å². The monoisotopic (exact) mass is 387 g/mol. The van der Waals surface area contributed by atoms with Gasteiger partial charge in [0.2, 0.25) is 0 Å². The van der Waals surface area contributed by atoms with E-state index in [9.17, 15) is 4.79 Å². The zero-order valence-electron chi connectivity index (χ0n) is 16.5. The van der Waals surface area contributed by atoms with Crippen LogP contribution in [0.5, 0.6) is 0 Å². The van der Waals surface area contributed by atoms with Crippen LogP contribution in [0, 0.1) is 5.92 Å². The molecule has 1 saturated heterocycles. The van der Waals surface area contributed by atoms with Crippen LogP contribution in [0.2, 0.25) is 0 Å². The fraction of sp³-hybridized carbons (Fsp3) is 0.240. The molecule has 0 N–H and O–H groups in total. The van der Waals surface area contributed by atoms with Crippen molar-refractivity contribution >= 4 is 11.5 Å². The Bertz CT molecular complexity index is 915. The smallest absolute Gasteiger partial charge is 0.166 e. The Morgan fingerprint density at radius 1 is 0.897 bits per heavy atom. The van der Waals surface area contributed by atoms with E-state index in [4.69, 9.17) is 9.57 Å². The van der Waals surface area contributed by atoms with Crippen molar-refractivity contribution in [3.63, 3.8) is 0 Å². The summed E-state index contributed by atoms with van der Waals surface area (Å²) in [4.78, 5) is 19.3. The number of hydrogen-bond donors (Lipinski definition) is 0. The minimum absolute atomic E-state index is 0.0562. The van der Waals surface area contributed by atoms with Gasteiger partial charge in [0.25, 0.3) is 0 Å². The number of benzene rings is 3. The number of hydroxylamine groups is 1. The third kappa shape index (κ3) is 4.39. The minimum Gasteiger partial charge on any atom is -0.369 e. The molecule has 29 heavy (non-hydrogen) atoms. The Morgan fingerprint density at radius 3 is 2.14 bits per heavy atom. The van der Waals surface area contributed by atoms with Crippen LogP contribution in [0.1, 0.15) is 24.1 Å². The van der Waals surface area contributed by atoms with Gasteiger partial charge in [-0.3, -0.25) is 9.63 Å². The van der Waals surface area contributed by atoms with Crippen LogP contribution in [-0.4, -0.2) is 18.5 Å². The first kappa shape index (κ1) is 19.4. The second-order valence-corrected chi connectivity index (χ2v) is 7.30. The van der Waals surface area contributed by atoms with Gasteiger partial charge in [-0.05, 0) is 30.2 Å². The number of para-hydroxylation sites is 1. The van der Waals surface area contributed by atoms with Crippen molar-refractivity contribution in [1.29, 1.82) is 0 Å². The quantitative estimate of drug-likeness (QED) is 0.574. The van der Waals surface area contributed by atoms with Gasteiger partial charge in [0.05, 0.1) is 30.4 Å². The molecule has 148 valence electrons. The second kappa shape index (κ2) is 9.03. The van der Waals surface area contributed by atoms with Gasteiger partial charge in [-0.2, -0.15) is 0 Å². The zero-order chi connectivity index (χ0) is 20.1. The summed E-state index contributed by atoms with van der Waals surface area (Å²) in [6, 6.07) is 29.7. The molecule has 0 unspecified atom stereocenters. The summed E-state index contributed by atoms with van der Waals surface area (Å²) >= 11 is 0. The number of ketones is 1. The molecule has 1 fully saturated rings. The molecule has 0 saturated carbocycles. The Balaban J connectivity index is 1.54. The van der Waals surface area contributed by atoms with Gasteiger partial charge in [0, 0.05) is 0 Å². The molecule has 3 aromatic rings. The van der Waals surface area contributed by atoms with Gasteiger partial charge in [-0.1, -0.05) is 78.9 Å². The fourth-order valence-corrected chi connectivity index (χ4v) is 3.88. The molecule has 0 aromatic heterocycles. The van der Waals surface area contributed by atoms with Crippen LogP contribution in [0.25, 0.3) is 0 Å². The fourth-order valence-electron chi connectivity index (χ4n) is 3.88. The van der Waals surface area contributed by atoms with Crippen molar-refractivity contribution in [1.82, 2.24) is 0 Å². The van der Waals surface area contributed by atoms with Gasteiger partial charge in [0.15, 0.2) is 5.78 Å². The predicted octanol–water partition coefficient (Wildman–Crippen LogP) is 4.97. The first-order chi connectivity index (χ1) is 14.2. The molecule has 1 aliphatic heterocycles. The summed E-state index contributed by atoms with van der Waals surface area (Å²) in [7, 11) is 0. The molecule has 0 amide bonds. The number of hydrogen-bond acceptors (Lipinski definition) is 4. The van der Waals surface area contributed by atoms with Crippen molar-refractivity contribution in [2.75, 3.05) is 11.7 Å². The van der Waals surface area contributed by atoms with Crippen LogP contribution >= 0.6 is 0 Å². The maximum Gasteiger partial charge on any atom is 0.166 e. The lowest BCUT2D eigenvalue weighted by atomic mass is 9.86. The summed E-state index contributed by atoms with van der Waals surface area (Å²) < 4.78 is 5.74. The predicted molar refractivity (Wildman–Crippen MR) is 113 cm³/mol. The maximum atomic E-state index is 13.2. The van der Waals surface area contributed by atoms with Crippen LogP contribution in [0.15, 0.2) is 91.0 Å². The minimum atomic E-state index is -0.312. The highest BCUT2D eigenvalue weighted by Gasteiger charge is 2.46. The molecular weight excluding hydrogens is 362 g/mol. The molecule has 0 aliphatic carbocycles. The van der Waals surface area contributed by atoms with E-state index < -0.39 is 0 Å². The summed E-state index contributed by atoms with van der Waals surface area (Å²) in [5.41, 5.74) is 3.05. The van der Waals surface area contributed by atoms with Crippen LogP contribution in [-0.2, 0) is 21.0 Å². The van der Waals surface area contributed by atoms with Crippen molar-refractivity contribution < 1.29 is 14.4 Å². The van der Waals surface area contributed by atoms with Crippen LogP contribution in [0.3, 0.4) is 0 Å². The first-order valence-corrected chi connectivity index (χ1v) is 9.94. The molecule has 4 rings (SSSR count). The van der Waals surface area contributed by atoms with E-state index in [1.807, 2.05) is 103 Å². The Kier molecular flexibility index (Phi) is 6.03. The molecule has 3 aromatic carbocycles. The average molecular weight is 387 g/mol. The van der Waals surface area contributed by atoms with E-state index in [1.54, 1.807) is 0 Å². The summed E-state index contributed by atoms with van der Waals surface area (Å²) in [6.07, 6.45) is -0.242.